The van der Waals surface area contributed by atoms with Gasteiger partial charge in [-0.15, -0.1) is 0 Å². The second-order valence-corrected chi connectivity index (χ2v) is 4.58. The molecule has 0 aliphatic rings. The highest BCUT2D eigenvalue weighted by molar-refractivity contribution is 7.07. The van der Waals surface area contributed by atoms with Gasteiger partial charge in [0.2, 0.25) is 5.91 Å². The summed E-state index contributed by atoms with van der Waals surface area (Å²) in [5.41, 5.74) is 1.12. The summed E-state index contributed by atoms with van der Waals surface area (Å²) in [6, 6.07) is 4.07. The number of nitrogens with zero attached hydrogens (tertiary/aromatic N) is 2. The molecule has 1 aromatic rings. The van der Waals surface area contributed by atoms with Gasteiger partial charge in [-0.3, -0.25) is 4.79 Å². The molecule has 1 heterocycles. The zero-order valence-corrected chi connectivity index (χ0v) is 10.5. The van der Waals surface area contributed by atoms with Gasteiger partial charge in [0, 0.05) is 13.6 Å². The van der Waals surface area contributed by atoms with E-state index in [0.717, 1.165) is 12.0 Å². The van der Waals surface area contributed by atoms with Crippen molar-refractivity contribution >= 4 is 17.2 Å². The van der Waals surface area contributed by atoms with Crippen molar-refractivity contribution in [3.63, 3.8) is 0 Å². The van der Waals surface area contributed by atoms with Crippen LogP contribution >= 0.6 is 11.3 Å². The van der Waals surface area contributed by atoms with E-state index in [9.17, 15) is 4.79 Å². The standard InChI is InChI=1S/C12H16N2OS/c1-3-4-11(7-13)12(15)14(2)8-10-5-6-16-9-10/h5-6,9,11H,3-4,8H2,1-2H3. The number of carbonyl (C=O) groups is 1. The molecule has 0 spiro atoms. The molecule has 0 bridgehead atoms. The summed E-state index contributed by atoms with van der Waals surface area (Å²) in [4.78, 5) is 13.5. The first kappa shape index (κ1) is 12.7. The topological polar surface area (TPSA) is 44.1 Å². The fourth-order valence-corrected chi connectivity index (χ4v) is 2.19. The Morgan fingerprint density at radius 1 is 1.69 bits per heavy atom. The van der Waals surface area contributed by atoms with Crippen LogP contribution in [0.2, 0.25) is 0 Å². The van der Waals surface area contributed by atoms with Crippen molar-refractivity contribution in [2.75, 3.05) is 7.05 Å². The van der Waals surface area contributed by atoms with Gasteiger partial charge in [-0.05, 0) is 28.8 Å². The zero-order valence-electron chi connectivity index (χ0n) is 9.64. The molecule has 3 nitrogen and oxygen atoms in total. The van der Waals surface area contributed by atoms with Crippen molar-refractivity contribution in [2.45, 2.75) is 26.3 Å². The monoisotopic (exact) mass is 236 g/mol. The van der Waals surface area contributed by atoms with Gasteiger partial charge in [0.15, 0.2) is 0 Å². The lowest BCUT2D eigenvalue weighted by molar-refractivity contribution is -0.133. The second kappa shape index (κ2) is 6.29. The van der Waals surface area contributed by atoms with E-state index in [-0.39, 0.29) is 5.91 Å². The summed E-state index contributed by atoms with van der Waals surface area (Å²) in [6.07, 6.45) is 1.50. The third kappa shape index (κ3) is 3.35. The molecule has 0 radical (unpaired) electrons. The Hall–Kier alpha value is -1.34. The smallest absolute Gasteiger partial charge is 0.239 e. The summed E-state index contributed by atoms with van der Waals surface area (Å²) in [7, 11) is 1.75. The Bertz CT molecular complexity index is 367. The fourth-order valence-electron chi connectivity index (χ4n) is 1.53. The number of hydrogen-bond acceptors (Lipinski definition) is 3. The molecule has 0 N–H and O–H groups in total. The molecule has 16 heavy (non-hydrogen) atoms. The average molecular weight is 236 g/mol. The Kier molecular flexibility index (Phi) is 5.00. The Morgan fingerprint density at radius 2 is 2.44 bits per heavy atom. The van der Waals surface area contributed by atoms with Crippen LogP contribution in [0.1, 0.15) is 25.3 Å². The van der Waals surface area contributed by atoms with Gasteiger partial charge >= 0.3 is 0 Å². The van der Waals surface area contributed by atoms with Crippen molar-refractivity contribution in [3.05, 3.63) is 22.4 Å². The van der Waals surface area contributed by atoms with Crippen LogP contribution in [0.15, 0.2) is 16.8 Å². The van der Waals surface area contributed by atoms with Crippen LogP contribution in [-0.4, -0.2) is 17.9 Å². The highest BCUT2D eigenvalue weighted by Crippen LogP contribution is 2.13. The molecule has 0 aliphatic heterocycles. The lowest BCUT2D eigenvalue weighted by Crippen LogP contribution is -2.31. The van der Waals surface area contributed by atoms with E-state index < -0.39 is 5.92 Å². The van der Waals surface area contributed by atoms with E-state index in [0.29, 0.717) is 13.0 Å². The number of nitriles is 1. The normalized spacial score (nSPS) is 11.8. The van der Waals surface area contributed by atoms with E-state index >= 15 is 0 Å². The van der Waals surface area contributed by atoms with Crippen molar-refractivity contribution in [2.24, 2.45) is 5.92 Å². The molecular weight excluding hydrogens is 220 g/mol. The van der Waals surface area contributed by atoms with E-state index in [1.807, 2.05) is 23.8 Å². The molecule has 0 saturated carbocycles. The third-order valence-electron chi connectivity index (χ3n) is 2.41. The van der Waals surface area contributed by atoms with Crippen LogP contribution in [0.3, 0.4) is 0 Å². The number of amides is 1. The van der Waals surface area contributed by atoms with Crippen LogP contribution in [0.4, 0.5) is 0 Å². The summed E-state index contributed by atoms with van der Waals surface area (Å²) in [5, 5.41) is 12.9. The maximum absolute atomic E-state index is 11.9. The molecule has 0 aliphatic carbocycles. The summed E-state index contributed by atoms with van der Waals surface area (Å²) >= 11 is 1.61. The molecule has 1 unspecified atom stereocenters. The molecule has 86 valence electrons. The van der Waals surface area contributed by atoms with E-state index in [4.69, 9.17) is 5.26 Å². The molecule has 1 atom stereocenters. The van der Waals surface area contributed by atoms with E-state index in [2.05, 4.69) is 6.07 Å². The van der Waals surface area contributed by atoms with Crippen LogP contribution < -0.4 is 0 Å². The summed E-state index contributed by atoms with van der Waals surface area (Å²) in [5.74, 6) is -0.566. The first-order chi connectivity index (χ1) is 7.69. The van der Waals surface area contributed by atoms with Crippen molar-refractivity contribution in [1.29, 1.82) is 5.26 Å². The average Bonchev–Trinajstić information content (AvgIpc) is 2.77. The van der Waals surface area contributed by atoms with Crippen molar-refractivity contribution < 1.29 is 4.79 Å². The van der Waals surface area contributed by atoms with Crippen LogP contribution in [-0.2, 0) is 11.3 Å². The molecule has 0 fully saturated rings. The molecule has 1 rings (SSSR count). The Balaban J connectivity index is 2.56. The van der Waals surface area contributed by atoms with Crippen LogP contribution in [0, 0.1) is 17.2 Å². The lowest BCUT2D eigenvalue weighted by atomic mass is 10.0. The molecule has 1 amide bonds. The molecule has 0 aromatic carbocycles. The number of thiophene rings is 1. The van der Waals surface area contributed by atoms with Gasteiger partial charge in [-0.25, -0.2) is 0 Å². The van der Waals surface area contributed by atoms with Gasteiger partial charge in [-0.1, -0.05) is 13.3 Å². The summed E-state index contributed by atoms with van der Waals surface area (Å²) < 4.78 is 0. The van der Waals surface area contributed by atoms with Gasteiger partial charge in [-0.2, -0.15) is 16.6 Å². The van der Waals surface area contributed by atoms with Crippen molar-refractivity contribution in [3.8, 4) is 6.07 Å². The molecule has 0 saturated heterocycles. The largest absolute Gasteiger partial charge is 0.340 e. The van der Waals surface area contributed by atoms with Crippen LogP contribution in [0.25, 0.3) is 0 Å². The van der Waals surface area contributed by atoms with Crippen LogP contribution in [0.5, 0.6) is 0 Å². The predicted molar refractivity (Wildman–Crippen MR) is 64.8 cm³/mol. The summed E-state index contributed by atoms with van der Waals surface area (Å²) in [6.45, 7) is 2.57. The molecule has 4 heteroatoms. The fraction of sp³-hybridized carbons (Fsp3) is 0.500. The van der Waals surface area contributed by atoms with E-state index in [1.165, 1.54) is 0 Å². The number of hydrogen-bond donors (Lipinski definition) is 0. The quantitative estimate of drug-likeness (QED) is 0.789. The van der Waals surface area contributed by atoms with E-state index in [1.54, 1.807) is 23.3 Å². The minimum Gasteiger partial charge on any atom is -0.340 e. The number of carbonyl (C=O) groups excluding carboxylic acids is 1. The van der Waals surface area contributed by atoms with Gasteiger partial charge in [0.25, 0.3) is 0 Å². The minimum absolute atomic E-state index is 0.0736. The molecule has 1 aromatic heterocycles. The first-order valence-electron chi connectivity index (χ1n) is 5.34. The third-order valence-corrected chi connectivity index (χ3v) is 3.14. The highest BCUT2D eigenvalue weighted by atomic mass is 32.1. The van der Waals surface area contributed by atoms with Gasteiger partial charge in [0.1, 0.15) is 5.92 Å². The minimum atomic E-state index is -0.492. The zero-order chi connectivity index (χ0) is 12.0. The Labute approximate surface area is 100 Å². The SMILES string of the molecule is CCCC(C#N)C(=O)N(C)Cc1ccsc1. The maximum atomic E-state index is 11.9. The van der Waals surface area contributed by atoms with Crippen molar-refractivity contribution in [1.82, 2.24) is 4.90 Å². The second-order valence-electron chi connectivity index (χ2n) is 3.80. The predicted octanol–water partition coefficient (Wildman–Crippen LogP) is 2.65. The first-order valence-corrected chi connectivity index (χ1v) is 6.29. The van der Waals surface area contributed by atoms with Gasteiger partial charge in [0.05, 0.1) is 6.07 Å². The van der Waals surface area contributed by atoms with Gasteiger partial charge < -0.3 is 4.90 Å². The Morgan fingerprint density at radius 3 is 2.94 bits per heavy atom. The highest BCUT2D eigenvalue weighted by Gasteiger charge is 2.20. The molecular formula is C12H16N2OS. The maximum Gasteiger partial charge on any atom is 0.239 e. The number of rotatable bonds is 5. The lowest BCUT2D eigenvalue weighted by Gasteiger charge is -2.19.